The first kappa shape index (κ1) is 22.0. The number of hydrogen-bond donors (Lipinski definition) is 1. The molecule has 3 aromatic rings. The zero-order valence-corrected chi connectivity index (χ0v) is 19.6. The molecule has 0 atom stereocenters. The Labute approximate surface area is 194 Å². The van der Waals surface area contributed by atoms with Crippen LogP contribution in [0.25, 0.3) is 10.9 Å². The van der Waals surface area contributed by atoms with Crippen molar-refractivity contribution < 1.29 is 17.9 Å². The van der Waals surface area contributed by atoms with Gasteiger partial charge in [0.05, 0.1) is 11.5 Å². The maximum absolute atomic E-state index is 13.3. The van der Waals surface area contributed by atoms with Crippen molar-refractivity contribution in [3.63, 3.8) is 0 Å². The van der Waals surface area contributed by atoms with Crippen molar-refractivity contribution in [2.75, 3.05) is 26.2 Å². The minimum atomic E-state index is -3.58. The van der Waals surface area contributed by atoms with Crippen LogP contribution in [-0.4, -0.2) is 54.8 Å². The van der Waals surface area contributed by atoms with Crippen molar-refractivity contribution in [3.05, 3.63) is 59.8 Å². The maximum atomic E-state index is 13.3. The molecule has 2 aliphatic heterocycles. The Morgan fingerprint density at radius 3 is 2.52 bits per heavy atom. The minimum Gasteiger partial charge on any atom is -0.494 e. The smallest absolute Gasteiger partial charge is 0.243 e. The van der Waals surface area contributed by atoms with Crippen LogP contribution in [-0.2, 0) is 27.8 Å². The molecule has 0 radical (unpaired) electrons. The highest BCUT2D eigenvalue weighted by Gasteiger charge is 2.35. The monoisotopic (exact) mass is 467 g/mol. The van der Waals surface area contributed by atoms with Gasteiger partial charge in [-0.25, -0.2) is 8.42 Å². The molecule has 1 fully saturated rings. The van der Waals surface area contributed by atoms with Gasteiger partial charge in [-0.15, -0.1) is 0 Å². The Balaban J connectivity index is 1.23. The van der Waals surface area contributed by atoms with Crippen LogP contribution in [0.1, 0.15) is 31.0 Å². The first-order chi connectivity index (χ1) is 16.0. The summed E-state index contributed by atoms with van der Waals surface area (Å²) in [6, 6.07) is 14.8. The van der Waals surface area contributed by atoms with Gasteiger partial charge in [0.1, 0.15) is 5.75 Å². The SMILES string of the molecule is CCOc1ccc(S(=O)(=O)N2CCC(C(=O)N3CCc4[nH]c5ccccc5c4C3)CC2)cc1. The molecule has 174 valence electrons. The molecule has 1 N–H and O–H groups in total. The van der Waals surface area contributed by atoms with Crippen molar-refractivity contribution in [1.82, 2.24) is 14.2 Å². The molecule has 7 nitrogen and oxygen atoms in total. The number of benzene rings is 2. The van der Waals surface area contributed by atoms with Crippen molar-refractivity contribution in [2.45, 2.75) is 37.6 Å². The summed E-state index contributed by atoms with van der Waals surface area (Å²) < 4.78 is 33.0. The van der Waals surface area contributed by atoms with Gasteiger partial charge >= 0.3 is 0 Å². The largest absolute Gasteiger partial charge is 0.494 e. The third-order valence-electron chi connectivity index (χ3n) is 6.77. The van der Waals surface area contributed by atoms with E-state index in [-0.39, 0.29) is 16.7 Å². The number of nitrogens with one attached hydrogen (secondary N) is 1. The molecule has 1 aromatic heterocycles. The number of ether oxygens (including phenoxy) is 1. The second-order valence-corrected chi connectivity index (χ2v) is 10.7. The number of H-pyrrole nitrogens is 1. The van der Waals surface area contributed by atoms with Crippen LogP contribution < -0.4 is 4.74 Å². The standard InChI is InChI=1S/C25H29N3O4S/c1-2-32-19-7-9-20(10-8-19)33(30,31)28-15-11-18(12-16-28)25(29)27-14-13-24-22(17-27)21-5-3-4-6-23(21)26-24/h3-10,18,26H,2,11-17H2,1H3. The quantitative estimate of drug-likeness (QED) is 0.622. The second-order valence-electron chi connectivity index (χ2n) is 8.72. The number of aromatic nitrogens is 1. The van der Waals surface area contributed by atoms with Gasteiger partial charge < -0.3 is 14.6 Å². The van der Waals surface area contributed by atoms with Crippen LogP contribution in [0.2, 0.25) is 0 Å². The number of para-hydroxylation sites is 1. The lowest BCUT2D eigenvalue weighted by atomic mass is 9.95. The van der Waals surface area contributed by atoms with E-state index in [1.165, 1.54) is 20.9 Å². The molecule has 0 bridgehead atoms. The summed E-state index contributed by atoms with van der Waals surface area (Å²) in [6.45, 7) is 4.45. The van der Waals surface area contributed by atoms with Crippen molar-refractivity contribution in [3.8, 4) is 5.75 Å². The molecular weight excluding hydrogens is 438 g/mol. The number of carbonyl (C=O) groups is 1. The van der Waals surface area contributed by atoms with E-state index in [0.29, 0.717) is 51.4 Å². The summed E-state index contributed by atoms with van der Waals surface area (Å²) in [7, 11) is -3.58. The molecule has 1 saturated heterocycles. The molecule has 2 aromatic carbocycles. The molecule has 0 spiro atoms. The summed E-state index contributed by atoms with van der Waals surface area (Å²) in [5.74, 6) is 0.660. The Morgan fingerprint density at radius 2 is 1.79 bits per heavy atom. The number of piperidine rings is 1. The first-order valence-electron chi connectivity index (χ1n) is 11.6. The van der Waals surface area contributed by atoms with Gasteiger partial charge in [0.15, 0.2) is 0 Å². The van der Waals surface area contributed by atoms with Crippen LogP contribution in [0.4, 0.5) is 0 Å². The van der Waals surface area contributed by atoms with E-state index in [2.05, 4.69) is 17.1 Å². The molecule has 0 saturated carbocycles. The molecular formula is C25H29N3O4S. The normalized spacial score (nSPS) is 17.8. The number of fused-ring (bicyclic) bond motifs is 3. The first-order valence-corrected chi connectivity index (χ1v) is 13.0. The van der Waals surface area contributed by atoms with E-state index < -0.39 is 10.0 Å². The molecule has 5 rings (SSSR count). The van der Waals surface area contributed by atoms with Gasteiger partial charge in [-0.05, 0) is 50.1 Å². The fourth-order valence-electron chi connectivity index (χ4n) is 4.98. The van der Waals surface area contributed by atoms with Gasteiger partial charge in [0.25, 0.3) is 0 Å². The van der Waals surface area contributed by atoms with Crippen molar-refractivity contribution >= 4 is 26.8 Å². The number of amides is 1. The highest BCUT2D eigenvalue weighted by molar-refractivity contribution is 7.89. The highest BCUT2D eigenvalue weighted by Crippen LogP contribution is 2.31. The summed E-state index contributed by atoms with van der Waals surface area (Å²) in [5.41, 5.74) is 3.54. The third-order valence-corrected chi connectivity index (χ3v) is 8.68. The van der Waals surface area contributed by atoms with E-state index in [9.17, 15) is 13.2 Å². The van der Waals surface area contributed by atoms with Crippen LogP contribution in [0.3, 0.4) is 0 Å². The minimum absolute atomic E-state index is 0.136. The molecule has 1 amide bonds. The topological polar surface area (TPSA) is 82.7 Å². The predicted octanol–water partition coefficient (Wildman–Crippen LogP) is 3.55. The average molecular weight is 468 g/mol. The number of sulfonamides is 1. The van der Waals surface area contributed by atoms with Crippen molar-refractivity contribution in [1.29, 1.82) is 0 Å². The van der Waals surface area contributed by atoms with Crippen LogP contribution in [0.5, 0.6) is 5.75 Å². The molecule has 33 heavy (non-hydrogen) atoms. The Bertz CT molecular complexity index is 1260. The van der Waals surface area contributed by atoms with E-state index in [0.717, 1.165) is 11.9 Å². The number of aromatic amines is 1. The molecule has 8 heteroatoms. The summed E-state index contributed by atoms with van der Waals surface area (Å²) in [5, 5.41) is 1.18. The van der Waals surface area contributed by atoms with E-state index in [1.807, 2.05) is 24.0 Å². The lowest BCUT2D eigenvalue weighted by Crippen LogP contribution is -2.45. The van der Waals surface area contributed by atoms with E-state index >= 15 is 0 Å². The fraction of sp³-hybridized carbons (Fsp3) is 0.400. The Kier molecular flexibility index (Phi) is 5.88. The predicted molar refractivity (Wildman–Crippen MR) is 127 cm³/mol. The Morgan fingerprint density at radius 1 is 1.06 bits per heavy atom. The molecule has 3 heterocycles. The van der Waals surface area contributed by atoms with Crippen molar-refractivity contribution in [2.24, 2.45) is 5.92 Å². The van der Waals surface area contributed by atoms with Crippen LogP contribution >= 0.6 is 0 Å². The summed E-state index contributed by atoms with van der Waals surface area (Å²) in [4.78, 5) is 19.0. The van der Waals surface area contributed by atoms with E-state index in [4.69, 9.17) is 4.74 Å². The molecule has 2 aliphatic rings. The average Bonchev–Trinajstić information content (AvgIpc) is 3.22. The molecule has 0 unspecified atom stereocenters. The van der Waals surface area contributed by atoms with Gasteiger partial charge in [-0.1, -0.05) is 18.2 Å². The maximum Gasteiger partial charge on any atom is 0.243 e. The lowest BCUT2D eigenvalue weighted by Gasteiger charge is -2.35. The Hall–Kier alpha value is -2.84. The van der Waals surface area contributed by atoms with Crippen LogP contribution in [0.15, 0.2) is 53.4 Å². The van der Waals surface area contributed by atoms with Gasteiger partial charge in [-0.2, -0.15) is 4.31 Å². The van der Waals surface area contributed by atoms with E-state index in [1.54, 1.807) is 24.3 Å². The molecule has 0 aliphatic carbocycles. The summed E-state index contributed by atoms with van der Waals surface area (Å²) >= 11 is 0. The number of hydrogen-bond acceptors (Lipinski definition) is 4. The fourth-order valence-corrected chi connectivity index (χ4v) is 6.45. The van der Waals surface area contributed by atoms with Gasteiger partial charge in [-0.3, -0.25) is 4.79 Å². The third kappa shape index (κ3) is 4.13. The van der Waals surface area contributed by atoms with Gasteiger partial charge in [0.2, 0.25) is 15.9 Å². The number of nitrogens with zero attached hydrogens (tertiary/aromatic N) is 2. The zero-order chi connectivity index (χ0) is 23.0. The number of carbonyl (C=O) groups excluding carboxylic acids is 1. The van der Waals surface area contributed by atoms with Gasteiger partial charge in [0, 0.05) is 60.7 Å². The zero-order valence-electron chi connectivity index (χ0n) is 18.8. The summed E-state index contributed by atoms with van der Waals surface area (Å²) in [6.07, 6.45) is 1.92. The van der Waals surface area contributed by atoms with Crippen LogP contribution in [0, 0.1) is 5.92 Å². The second kappa shape index (κ2) is 8.83. The highest BCUT2D eigenvalue weighted by atomic mass is 32.2. The number of rotatable bonds is 5. The lowest BCUT2D eigenvalue weighted by molar-refractivity contribution is -0.137.